The van der Waals surface area contributed by atoms with E-state index >= 15 is 0 Å². The van der Waals surface area contributed by atoms with E-state index in [4.69, 9.17) is 9.47 Å². The van der Waals surface area contributed by atoms with Crippen LogP contribution in [0.4, 0.5) is 0 Å². The summed E-state index contributed by atoms with van der Waals surface area (Å²) in [5.41, 5.74) is 2.81. The standard InChI is InChI=1S/C36H50N2O2/c1-31-21-25-37(27-33-13-7-5-8-14-33)23-11-3-4-12-24-38(28-34-15-9-6-10-16-34)26-22-32(2)30-40-36-19-17-35(18-20-36)39-29-31/h5-10,13-20,31-32H,3-4,11-12,21-30H2,1-2H3. The molecule has 3 aromatic rings. The van der Waals surface area contributed by atoms with Gasteiger partial charge in [-0.1, -0.05) is 87.4 Å². The van der Waals surface area contributed by atoms with E-state index in [1.165, 1.54) is 36.8 Å². The van der Waals surface area contributed by atoms with Crippen molar-refractivity contribution in [2.24, 2.45) is 11.8 Å². The van der Waals surface area contributed by atoms with Crippen LogP contribution >= 0.6 is 0 Å². The van der Waals surface area contributed by atoms with Gasteiger partial charge in [-0.3, -0.25) is 9.80 Å². The van der Waals surface area contributed by atoms with E-state index in [1.54, 1.807) is 0 Å². The van der Waals surface area contributed by atoms with Crippen molar-refractivity contribution < 1.29 is 9.47 Å². The predicted octanol–water partition coefficient (Wildman–Crippen LogP) is 8.08. The first-order valence-electron chi connectivity index (χ1n) is 15.5. The van der Waals surface area contributed by atoms with Crippen LogP contribution in [-0.2, 0) is 13.1 Å². The van der Waals surface area contributed by atoms with E-state index < -0.39 is 0 Å². The van der Waals surface area contributed by atoms with E-state index in [-0.39, 0.29) is 0 Å². The highest BCUT2D eigenvalue weighted by atomic mass is 16.5. The summed E-state index contributed by atoms with van der Waals surface area (Å²) < 4.78 is 12.3. The molecule has 0 fully saturated rings. The zero-order valence-corrected chi connectivity index (χ0v) is 24.8. The van der Waals surface area contributed by atoms with Gasteiger partial charge in [0.1, 0.15) is 11.5 Å². The smallest absolute Gasteiger partial charge is 0.119 e. The Bertz CT molecular complexity index is 971. The van der Waals surface area contributed by atoms with Gasteiger partial charge in [0.05, 0.1) is 13.2 Å². The van der Waals surface area contributed by atoms with Gasteiger partial charge in [-0.2, -0.15) is 0 Å². The lowest BCUT2D eigenvalue weighted by molar-refractivity contribution is 0.198. The third kappa shape index (κ3) is 11.3. The molecule has 2 aliphatic rings. The minimum atomic E-state index is 0.503. The maximum absolute atomic E-state index is 6.14. The van der Waals surface area contributed by atoms with Gasteiger partial charge < -0.3 is 9.47 Å². The van der Waals surface area contributed by atoms with E-state index in [9.17, 15) is 0 Å². The number of benzene rings is 3. The van der Waals surface area contributed by atoms with Crippen molar-refractivity contribution in [1.29, 1.82) is 0 Å². The van der Waals surface area contributed by atoms with Crippen molar-refractivity contribution in [3.05, 3.63) is 96.1 Å². The summed E-state index contributed by atoms with van der Waals surface area (Å²) in [6.45, 7) is 12.7. The Balaban J connectivity index is 1.37. The maximum Gasteiger partial charge on any atom is 0.119 e. The Morgan fingerprint density at radius 2 is 0.925 bits per heavy atom. The minimum absolute atomic E-state index is 0.503. The molecule has 4 heteroatoms. The third-order valence-corrected chi connectivity index (χ3v) is 7.97. The molecule has 2 heterocycles. The van der Waals surface area contributed by atoms with Gasteiger partial charge in [0.2, 0.25) is 0 Å². The van der Waals surface area contributed by atoms with E-state index in [0.29, 0.717) is 11.8 Å². The quantitative estimate of drug-likeness (QED) is 0.333. The van der Waals surface area contributed by atoms with Gasteiger partial charge in [0.25, 0.3) is 0 Å². The monoisotopic (exact) mass is 542 g/mol. The topological polar surface area (TPSA) is 24.9 Å². The van der Waals surface area contributed by atoms with Crippen molar-refractivity contribution in [3.63, 3.8) is 0 Å². The predicted molar refractivity (Wildman–Crippen MR) is 167 cm³/mol. The summed E-state index contributed by atoms with van der Waals surface area (Å²) in [7, 11) is 0. The molecule has 4 nitrogen and oxygen atoms in total. The molecule has 0 aliphatic carbocycles. The lowest BCUT2D eigenvalue weighted by Crippen LogP contribution is -2.28. The fourth-order valence-electron chi connectivity index (χ4n) is 5.33. The summed E-state index contributed by atoms with van der Waals surface area (Å²) >= 11 is 0. The number of nitrogens with zero attached hydrogens (tertiary/aromatic N) is 2. The second-order valence-corrected chi connectivity index (χ2v) is 11.8. The molecule has 2 unspecified atom stereocenters. The highest BCUT2D eigenvalue weighted by Crippen LogP contribution is 2.20. The summed E-state index contributed by atoms with van der Waals surface area (Å²) in [6, 6.07) is 30.0. The molecule has 2 aliphatic heterocycles. The van der Waals surface area contributed by atoms with Crippen LogP contribution in [0.1, 0.15) is 63.5 Å². The molecular formula is C36H50N2O2. The summed E-state index contributed by atoms with van der Waals surface area (Å²) in [6.07, 6.45) is 7.39. The number of fused-ring (bicyclic) bond motifs is 19. The lowest BCUT2D eigenvalue weighted by atomic mass is 10.1. The SMILES string of the molecule is CC1CCN(Cc2ccccc2)CCCCCCN(Cc2ccccc2)CCC(C)COc2ccc(cc2)OC1. The normalized spacial score (nSPS) is 21.4. The maximum atomic E-state index is 6.14. The van der Waals surface area contributed by atoms with Crippen LogP contribution in [0.15, 0.2) is 84.9 Å². The fraction of sp³-hybridized carbons (Fsp3) is 0.500. The highest BCUT2D eigenvalue weighted by molar-refractivity contribution is 5.31. The van der Waals surface area contributed by atoms with Gasteiger partial charge >= 0.3 is 0 Å². The van der Waals surface area contributed by atoms with Crippen LogP contribution in [-0.4, -0.2) is 49.2 Å². The number of ether oxygens (including phenoxy) is 2. The first-order valence-corrected chi connectivity index (χ1v) is 15.5. The molecule has 5 rings (SSSR count). The van der Waals surface area contributed by atoms with Crippen molar-refractivity contribution >= 4 is 0 Å². The van der Waals surface area contributed by atoms with Crippen LogP contribution in [0.2, 0.25) is 0 Å². The van der Waals surface area contributed by atoms with Crippen LogP contribution < -0.4 is 9.47 Å². The molecule has 2 atom stereocenters. The number of rotatable bonds is 4. The molecule has 0 saturated heterocycles. The minimum Gasteiger partial charge on any atom is -0.493 e. The average molecular weight is 543 g/mol. The Morgan fingerprint density at radius 3 is 1.32 bits per heavy atom. The zero-order valence-electron chi connectivity index (χ0n) is 24.8. The first kappa shape index (κ1) is 30.1. The molecule has 0 radical (unpaired) electrons. The molecule has 0 saturated carbocycles. The summed E-state index contributed by atoms with van der Waals surface area (Å²) in [5, 5.41) is 0. The van der Waals surface area contributed by atoms with Crippen molar-refractivity contribution in [2.75, 3.05) is 39.4 Å². The van der Waals surface area contributed by atoms with Gasteiger partial charge in [-0.15, -0.1) is 0 Å². The van der Waals surface area contributed by atoms with E-state index in [2.05, 4.69) is 84.3 Å². The van der Waals surface area contributed by atoms with Crippen molar-refractivity contribution in [2.45, 2.75) is 65.5 Å². The molecule has 216 valence electrons. The van der Waals surface area contributed by atoms with Crippen molar-refractivity contribution in [3.8, 4) is 11.5 Å². The molecule has 0 N–H and O–H groups in total. The van der Waals surface area contributed by atoms with Crippen LogP contribution in [0.5, 0.6) is 11.5 Å². The highest BCUT2D eigenvalue weighted by Gasteiger charge is 2.13. The van der Waals surface area contributed by atoms with E-state index in [1.807, 2.05) is 24.3 Å². The molecule has 0 aromatic heterocycles. The molecule has 2 bridgehead atoms. The summed E-state index contributed by atoms with van der Waals surface area (Å²) in [4.78, 5) is 5.29. The van der Waals surface area contributed by atoms with Crippen LogP contribution in [0.3, 0.4) is 0 Å². The molecule has 0 amide bonds. The Kier molecular flexibility index (Phi) is 12.9. The number of hydrogen-bond donors (Lipinski definition) is 0. The van der Waals surface area contributed by atoms with Gasteiger partial charge in [-0.05, 0) is 99.1 Å². The Morgan fingerprint density at radius 1 is 0.525 bits per heavy atom. The fourth-order valence-corrected chi connectivity index (χ4v) is 5.33. The average Bonchev–Trinajstić information content (AvgIpc) is 2.99. The molecule has 0 spiro atoms. The Hall–Kier alpha value is -2.82. The molecular weight excluding hydrogens is 492 g/mol. The van der Waals surface area contributed by atoms with E-state index in [0.717, 1.165) is 76.8 Å². The van der Waals surface area contributed by atoms with Gasteiger partial charge in [0, 0.05) is 13.1 Å². The van der Waals surface area contributed by atoms with Crippen molar-refractivity contribution in [1.82, 2.24) is 9.80 Å². The van der Waals surface area contributed by atoms with Gasteiger partial charge in [0.15, 0.2) is 0 Å². The van der Waals surface area contributed by atoms with Gasteiger partial charge in [-0.25, -0.2) is 0 Å². The largest absolute Gasteiger partial charge is 0.493 e. The number of hydrogen-bond acceptors (Lipinski definition) is 4. The lowest BCUT2D eigenvalue weighted by Gasteiger charge is -2.25. The molecule has 3 aromatic carbocycles. The zero-order chi connectivity index (χ0) is 27.8. The van der Waals surface area contributed by atoms with Crippen LogP contribution in [0, 0.1) is 11.8 Å². The molecule has 40 heavy (non-hydrogen) atoms. The Labute approximate surface area is 243 Å². The second kappa shape index (κ2) is 17.1. The first-order chi connectivity index (χ1) is 19.6. The summed E-state index contributed by atoms with van der Waals surface area (Å²) in [5.74, 6) is 2.85. The van der Waals surface area contributed by atoms with Crippen LogP contribution in [0.25, 0.3) is 0 Å². The third-order valence-electron chi connectivity index (χ3n) is 7.97. The second-order valence-electron chi connectivity index (χ2n) is 11.8.